The van der Waals surface area contributed by atoms with E-state index in [4.69, 9.17) is 16.3 Å². The van der Waals surface area contributed by atoms with E-state index in [0.29, 0.717) is 11.1 Å². The second-order valence-electron chi connectivity index (χ2n) is 6.12. The van der Waals surface area contributed by atoms with Gasteiger partial charge in [-0.3, -0.25) is 9.48 Å². The predicted molar refractivity (Wildman–Crippen MR) is 80.2 cm³/mol. The van der Waals surface area contributed by atoms with Crippen LogP contribution in [0.15, 0.2) is 0 Å². The van der Waals surface area contributed by atoms with Crippen molar-refractivity contribution in [1.29, 1.82) is 0 Å². The normalized spacial score (nSPS) is 22.0. The van der Waals surface area contributed by atoms with E-state index in [9.17, 15) is 4.79 Å². The topological polar surface area (TPSA) is 47.4 Å². The minimum atomic E-state index is 0.0447. The van der Waals surface area contributed by atoms with Crippen molar-refractivity contribution in [3.05, 3.63) is 16.4 Å². The summed E-state index contributed by atoms with van der Waals surface area (Å²) in [6.45, 7) is 3.63. The van der Waals surface area contributed by atoms with Crippen LogP contribution in [0.5, 0.6) is 0 Å². The van der Waals surface area contributed by atoms with Gasteiger partial charge in [0.1, 0.15) is 11.8 Å². The molecule has 0 unspecified atom stereocenters. The van der Waals surface area contributed by atoms with Crippen LogP contribution in [0.2, 0.25) is 5.15 Å². The van der Waals surface area contributed by atoms with Gasteiger partial charge in [0, 0.05) is 19.2 Å². The van der Waals surface area contributed by atoms with Crippen molar-refractivity contribution < 1.29 is 9.53 Å². The summed E-state index contributed by atoms with van der Waals surface area (Å²) in [4.78, 5) is 14.3. The highest BCUT2D eigenvalue weighted by atomic mass is 35.5. The Morgan fingerprint density at radius 1 is 1.43 bits per heavy atom. The molecule has 0 N–H and O–H groups in total. The summed E-state index contributed by atoms with van der Waals surface area (Å²) in [7, 11) is 1.83. The maximum absolute atomic E-state index is 12.4. The van der Waals surface area contributed by atoms with Crippen molar-refractivity contribution in [1.82, 2.24) is 14.7 Å². The van der Waals surface area contributed by atoms with Crippen molar-refractivity contribution in [2.75, 3.05) is 19.8 Å². The molecule has 1 aromatic rings. The Hall–Kier alpha value is -1.07. The Bertz CT molecular complexity index is 539. The molecule has 116 valence electrons. The standard InChI is InChI=1S/C15H22ClN3O2/c1-10-14(15(16)18(2)17-10)12-4-3-7-19(12)13(20)9-21-8-11-5-6-11/h11-12H,3-9H2,1-2H3/t12-/m1/s1. The molecule has 1 saturated carbocycles. The first-order chi connectivity index (χ1) is 10.1. The number of ether oxygens (including phenoxy) is 1. The highest BCUT2D eigenvalue weighted by Crippen LogP contribution is 2.37. The van der Waals surface area contributed by atoms with Gasteiger partial charge < -0.3 is 9.64 Å². The first-order valence-electron chi connectivity index (χ1n) is 7.64. The molecule has 0 aromatic carbocycles. The Morgan fingerprint density at radius 2 is 2.19 bits per heavy atom. The monoisotopic (exact) mass is 311 g/mol. The van der Waals surface area contributed by atoms with Crippen LogP contribution in [0.3, 0.4) is 0 Å². The molecule has 3 rings (SSSR count). The zero-order chi connectivity index (χ0) is 15.0. The molecule has 0 spiro atoms. The maximum Gasteiger partial charge on any atom is 0.249 e. The summed E-state index contributed by atoms with van der Waals surface area (Å²) in [5, 5.41) is 4.99. The average Bonchev–Trinajstić information content (AvgIpc) is 3.07. The SMILES string of the molecule is Cc1nn(C)c(Cl)c1[C@H]1CCCN1C(=O)COCC1CC1. The summed E-state index contributed by atoms with van der Waals surface area (Å²) in [6, 6.07) is 0.0447. The molecule has 5 nitrogen and oxygen atoms in total. The van der Waals surface area contributed by atoms with E-state index in [1.807, 2.05) is 18.9 Å². The number of carbonyl (C=O) groups is 1. The van der Waals surface area contributed by atoms with Crippen LogP contribution in [0, 0.1) is 12.8 Å². The molecule has 2 fully saturated rings. The number of halogens is 1. The van der Waals surface area contributed by atoms with E-state index in [-0.39, 0.29) is 18.6 Å². The van der Waals surface area contributed by atoms with E-state index >= 15 is 0 Å². The van der Waals surface area contributed by atoms with Gasteiger partial charge in [0.25, 0.3) is 0 Å². The smallest absolute Gasteiger partial charge is 0.249 e. The molecule has 0 bridgehead atoms. The minimum absolute atomic E-state index is 0.0447. The third kappa shape index (κ3) is 3.09. The van der Waals surface area contributed by atoms with Gasteiger partial charge in [-0.2, -0.15) is 5.10 Å². The van der Waals surface area contributed by atoms with Crippen LogP contribution in [0.1, 0.15) is 43.0 Å². The third-order valence-corrected chi connectivity index (χ3v) is 4.83. The summed E-state index contributed by atoms with van der Waals surface area (Å²) < 4.78 is 7.21. The second-order valence-corrected chi connectivity index (χ2v) is 6.48. The second kappa shape index (κ2) is 5.97. The molecule has 1 aromatic heterocycles. The van der Waals surface area contributed by atoms with Crippen molar-refractivity contribution >= 4 is 17.5 Å². The van der Waals surface area contributed by atoms with Crippen LogP contribution >= 0.6 is 11.6 Å². The Labute approximate surface area is 130 Å². The van der Waals surface area contributed by atoms with Gasteiger partial charge in [-0.1, -0.05) is 11.6 Å². The number of aromatic nitrogens is 2. The Morgan fingerprint density at radius 3 is 2.81 bits per heavy atom. The molecular weight excluding hydrogens is 290 g/mol. The Kier molecular flexibility index (Phi) is 4.22. The summed E-state index contributed by atoms with van der Waals surface area (Å²) in [6.07, 6.45) is 4.43. The van der Waals surface area contributed by atoms with E-state index in [1.165, 1.54) is 12.8 Å². The largest absolute Gasteiger partial charge is 0.371 e. The number of nitrogens with zero attached hydrogens (tertiary/aromatic N) is 3. The molecule has 21 heavy (non-hydrogen) atoms. The molecule has 1 saturated heterocycles. The fourth-order valence-electron chi connectivity index (χ4n) is 3.07. The number of likely N-dealkylation sites (tertiary alicyclic amines) is 1. The van der Waals surface area contributed by atoms with Crippen molar-refractivity contribution in [2.45, 2.75) is 38.6 Å². The number of hydrogen-bond donors (Lipinski definition) is 0. The summed E-state index contributed by atoms with van der Waals surface area (Å²) in [5.41, 5.74) is 1.90. The summed E-state index contributed by atoms with van der Waals surface area (Å²) >= 11 is 6.35. The first kappa shape index (κ1) is 14.9. The van der Waals surface area contributed by atoms with Crippen LogP contribution in [0.25, 0.3) is 0 Å². The Balaban J connectivity index is 1.67. The number of hydrogen-bond acceptors (Lipinski definition) is 3. The molecule has 6 heteroatoms. The van der Waals surface area contributed by atoms with Crippen molar-refractivity contribution in [3.63, 3.8) is 0 Å². The fraction of sp³-hybridized carbons (Fsp3) is 0.733. The number of rotatable bonds is 5. The van der Waals surface area contributed by atoms with Gasteiger partial charge >= 0.3 is 0 Å². The van der Waals surface area contributed by atoms with Crippen LogP contribution in [-0.4, -0.2) is 40.3 Å². The number of carbonyl (C=O) groups excluding carboxylic acids is 1. The molecular formula is C15H22ClN3O2. The lowest BCUT2D eigenvalue weighted by molar-refractivity contribution is -0.137. The highest BCUT2D eigenvalue weighted by molar-refractivity contribution is 6.30. The van der Waals surface area contributed by atoms with Crippen molar-refractivity contribution in [2.24, 2.45) is 13.0 Å². The van der Waals surface area contributed by atoms with E-state index < -0.39 is 0 Å². The van der Waals surface area contributed by atoms with E-state index in [0.717, 1.165) is 37.3 Å². The van der Waals surface area contributed by atoms with Gasteiger partial charge in [0.2, 0.25) is 5.91 Å². The molecule has 1 aliphatic heterocycles. The molecule has 0 radical (unpaired) electrons. The zero-order valence-corrected chi connectivity index (χ0v) is 13.4. The van der Waals surface area contributed by atoms with E-state index in [1.54, 1.807) is 4.68 Å². The predicted octanol–water partition coefficient (Wildman–Crippen LogP) is 2.47. The molecule has 1 aliphatic carbocycles. The quantitative estimate of drug-likeness (QED) is 0.839. The third-order valence-electron chi connectivity index (χ3n) is 4.38. The highest BCUT2D eigenvalue weighted by Gasteiger charge is 2.34. The van der Waals surface area contributed by atoms with Crippen LogP contribution in [0.4, 0.5) is 0 Å². The molecule has 2 heterocycles. The first-order valence-corrected chi connectivity index (χ1v) is 8.02. The van der Waals surface area contributed by atoms with Gasteiger partial charge in [-0.05, 0) is 38.5 Å². The fourth-order valence-corrected chi connectivity index (χ4v) is 3.37. The lowest BCUT2D eigenvalue weighted by atomic mass is 10.1. The van der Waals surface area contributed by atoms with Crippen LogP contribution < -0.4 is 0 Å². The number of amides is 1. The lowest BCUT2D eigenvalue weighted by Crippen LogP contribution is -2.34. The summed E-state index contributed by atoms with van der Waals surface area (Å²) in [5.74, 6) is 0.750. The van der Waals surface area contributed by atoms with Crippen molar-refractivity contribution in [3.8, 4) is 0 Å². The minimum Gasteiger partial charge on any atom is -0.371 e. The average molecular weight is 312 g/mol. The lowest BCUT2D eigenvalue weighted by Gasteiger charge is -2.25. The van der Waals surface area contributed by atoms with Gasteiger partial charge in [-0.15, -0.1) is 0 Å². The molecule has 1 atom stereocenters. The molecule has 1 amide bonds. The van der Waals surface area contributed by atoms with Gasteiger partial charge in [0.15, 0.2) is 0 Å². The molecule has 2 aliphatic rings. The zero-order valence-electron chi connectivity index (χ0n) is 12.6. The van der Waals surface area contributed by atoms with Crippen LogP contribution in [-0.2, 0) is 16.6 Å². The van der Waals surface area contributed by atoms with E-state index in [2.05, 4.69) is 5.10 Å². The number of aryl methyl sites for hydroxylation is 2. The maximum atomic E-state index is 12.4. The van der Waals surface area contributed by atoms with Gasteiger partial charge in [0.05, 0.1) is 18.3 Å². The van der Waals surface area contributed by atoms with Gasteiger partial charge in [-0.25, -0.2) is 0 Å².